The molecule has 4 aliphatic carbocycles. The molecule has 0 amide bonds. The van der Waals surface area contributed by atoms with Crippen molar-refractivity contribution in [2.75, 3.05) is 5.75 Å². The average Bonchev–Trinajstić information content (AvgIpc) is 3.07. The van der Waals surface area contributed by atoms with Gasteiger partial charge in [0.15, 0.2) is 0 Å². The summed E-state index contributed by atoms with van der Waals surface area (Å²) < 4.78 is 0. The number of hydrogen-bond donors (Lipinski definition) is 0. The van der Waals surface area contributed by atoms with Crippen LogP contribution < -0.4 is 0 Å². The largest absolute Gasteiger partial charge is 0.303 e. The molecule has 0 aromatic heterocycles. The fourth-order valence-electron chi connectivity index (χ4n) is 8.31. The van der Waals surface area contributed by atoms with Crippen LogP contribution in [-0.4, -0.2) is 17.3 Å². The number of aldehydes is 1. The maximum absolute atomic E-state index is 10.6. The molecule has 4 rings (SSSR count). The second-order valence-corrected chi connectivity index (χ2v) is 14.9. The van der Waals surface area contributed by atoms with E-state index >= 15 is 0 Å². The molecule has 3 saturated carbocycles. The summed E-state index contributed by atoms with van der Waals surface area (Å²) in [5.74, 6) is 5.70. The summed E-state index contributed by atoms with van der Waals surface area (Å²) in [6, 6.07) is 0. The molecule has 0 bridgehead atoms. The first kappa shape index (κ1) is 24.2. The Labute approximate surface area is 200 Å². The molecule has 3 heteroatoms. The van der Waals surface area contributed by atoms with Crippen molar-refractivity contribution in [1.82, 2.24) is 0 Å². The smallest absolute Gasteiger partial charge is 0.120 e. The molecule has 176 valence electrons. The molecule has 7 atom stereocenters. The zero-order valence-electron chi connectivity index (χ0n) is 20.5. The van der Waals surface area contributed by atoms with Gasteiger partial charge in [0, 0.05) is 17.4 Å². The lowest BCUT2D eigenvalue weighted by Crippen LogP contribution is -2.50. The first-order valence-corrected chi connectivity index (χ1v) is 15.7. The minimum Gasteiger partial charge on any atom is -0.303 e. The Balaban J connectivity index is 1.40. The first-order chi connectivity index (χ1) is 14.9. The minimum atomic E-state index is 0.477. The second-order valence-electron chi connectivity index (χ2n) is 12.1. The van der Waals surface area contributed by atoms with E-state index in [1.54, 1.807) is 0 Å². The summed E-state index contributed by atoms with van der Waals surface area (Å²) in [6.07, 6.45) is 20.3. The zero-order valence-corrected chi connectivity index (χ0v) is 22.2. The van der Waals surface area contributed by atoms with E-state index < -0.39 is 0 Å². The summed E-state index contributed by atoms with van der Waals surface area (Å²) in [5.41, 5.74) is 2.91. The van der Waals surface area contributed by atoms with Gasteiger partial charge >= 0.3 is 0 Å². The van der Waals surface area contributed by atoms with Gasteiger partial charge in [0.25, 0.3) is 0 Å². The number of fused-ring (bicyclic) bond motifs is 5. The van der Waals surface area contributed by atoms with Crippen molar-refractivity contribution < 1.29 is 4.79 Å². The number of carbonyl (C=O) groups excluding carboxylic acids is 1. The molecule has 0 aromatic rings. The number of hydrogen-bond acceptors (Lipinski definition) is 3. The highest BCUT2D eigenvalue weighted by molar-refractivity contribution is 8.76. The van der Waals surface area contributed by atoms with E-state index in [1.807, 2.05) is 16.4 Å². The van der Waals surface area contributed by atoms with Gasteiger partial charge in [-0.15, -0.1) is 0 Å². The summed E-state index contributed by atoms with van der Waals surface area (Å²) >= 11 is 0. The molecule has 31 heavy (non-hydrogen) atoms. The van der Waals surface area contributed by atoms with Crippen molar-refractivity contribution in [3.8, 4) is 0 Å². The normalized spacial score (nSPS) is 42.0. The van der Waals surface area contributed by atoms with E-state index in [0.29, 0.717) is 17.3 Å². The van der Waals surface area contributed by atoms with E-state index in [4.69, 9.17) is 0 Å². The van der Waals surface area contributed by atoms with Crippen LogP contribution in [0.25, 0.3) is 0 Å². The molecule has 1 nitrogen and oxygen atoms in total. The fourth-order valence-corrected chi connectivity index (χ4v) is 10.9. The molecule has 0 spiro atoms. The van der Waals surface area contributed by atoms with Gasteiger partial charge < -0.3 is 4.79 Å². The molecule has 0 aliphatic heterocycles. The molecular weight excluding hydrogens is 416 g/mol. The second kappa shape index (κ2) is 10.2. The van der Waals surface area contributed by atoms with Gasteiger partial charge in [-0.05, 0) is 98.2 Å². The SMILES string of the molecule is CC(C)CCCC1CCC2C3CC=C4C[C@@H](SSCCC=O)CC[C@]4(C)C3CC[C@]12C. The van der Waals surface area contributed by atoms with Crippen LogP contribution in [0, 0.1) is 40.4 Å². The minimum absolute atomic E-state index is 0.477. The van der Waals surface area contributed by atoms with Crippen molar-refractivity contribution in [3.05, 3.63) is 11.6 Å². The van der Waals surface area contributed by atoms with Crippen molar-refractivity contribution >= 4 is 27.9 Å². The standard InChI is InChI=1S/C28H46OS2/c1-20(2)7-5-8-21-10-12-25-24-11-9-22-19-23(31-30-18-6-17-29)13-15-28(22,4)26(24)14-16-27(21,25)3/h9,17,20-21,23-26H,5-8,10-16,18-19H2,1-4H3/t21?,23-,24?,25?,26?,27+,28-/m0/s1. The van der Waals surface area contributed by atoms with Crippen molar-refractivity contribution in [1.29, 1.82) is 0 Å². The Morgan fingerprint density at radius 2 is 1.97 bits per heavy atom. The molecule has 0 N–H and O–H groups in total. The molecule has 0 heterocycles. The fraction of sp³-hybridized carbons (Fsp3) is 0.893. The van der Waals surface area contributed by atoms with Gasteiger partial charge in [-0.2, -0.15) is 0 Å². The third-order valence-corrected chi connectivity index (χ3v) is 13.1. The van der Waals surface area contributed by atoms with Crippen LogP contribution >= 0.6 is 21.6 Å². The average molecular weight is 463 g/mol. The molecule has 0 aromatic carbocycles. The van der Waals surface area contributed by atoms with Crippen LogP contribution in [0.15, 0.2) is 11.6 Å². The lowest BCUT2D eigenvalue weighted by molar-refractivity contribution is -0.107. The Morgan fingerprint density at radius 3 is 2.74 bits per heavy atom. The van der Waals surface area contributed by atoms with Crippen LogP contribution in [-0.2, 0) is 4.79 Å². The van der Waals surface area contributed by atoms with Crippen LogP contribution in [0.2, 0.25) is 0 Å². The molecule has 0 radical (unpaired) electrons. The van der Waals surface area contributed by atoms with Gasteiger partial charge in [0.05, 0.1) is 0 Å². The number of allylic oxidation sites excluding steroid dienone is 2. The zero-order chi connectivity index (χ0) is 22.1. The van der Waals surface area contributed by atoms with Crippen LogP contribution in [0.3, 0.4) is 0 Å². The summed E-state index contributed by atoms with van der Waals surface area (Å²) in [6.45, 7) is 10.1. The number of carbonyl (C=O) groups is 1. The highest BCUT2D eigenvalue weighted by Gasteiger charge is 2.58. The van der Waals surface area contributed by atoms with Gasteiger partial charge in [-0.1, -0.05) is 73.8 Å². The lowest BCUT2D eigenvalue weighted by Gasteiger charge is -2.58. The Kier molecular flexibility index (Phi) is 7.95. The molecule has 3 fully saturated rings. The van der Waals surface area contributed by atoms with E-state index in [0.717, 1.165) is 46.9 Å². The molecule has 4 unspecified atom stereocenters. The van der Waals surface area contributed by atoms with Crippen molar-refractivity contribution in [2.45, 2.75) is 110 Å². The van der Waals surface area contributed by atoms with E-state index in [9.17, 15) is 4.79 Å². The van der Waals surface area contributed by atoms with Crippen LogP contribution in [0.4, 0.5) is 0 Å². The third kappa shape index (κ3) is 4.84. The summed E-state index contributed by atoms with van der Waals surface area (Å²) in [5, 5.41) is 0.762. The van der Waals surface area contributed by atoms with Crippen LogP contribution in [0.5, 0.6) is 0 Å². The maximum Gasteiger partial charge on any atom is 0.120 e. The summed E-state index contributed by atoms with van der Waals surface area (Å²) in [7, 11) is 3.99. The van der Waals surface area contributed by atoms with Crippen molar-refractivity contribution in [3.63, 3.8) is 0 Å². The van der Waals surface area contributed by atoms with Crippen LogP contribution in [0.1, 0.15) is 105 Å². The summed E-state index contributed by atoms with van der Waals surface area (Å²) in [4.78, 5) is 10.6. The van der Waals surface area contributed by atoms with Gasteiger partial charge in [-0.3, -0.25) is 0 Å². The van der Waals surface area contributed by atoms with Gasteiger partial charge in [0.2, 0.25) is 0 Å². The van der Waals surface area contributed by atoms with E-state index in [2.05, 4.69) is 44.6 Å². The molecular formula is C28H46OS2. The predicted molar refractivity (Wildman–Crippen MR) is 138 cm³/mol. The Hall–Kier alpha value is 0.110. The predicted octanol–water partition coefficient (Wildman–Crippen LogP) is 8.73. The Morgan fingerprint density at radius 1 is 1.13 bits per heavy atom. The topological polar surface area (TPSA) is 17.1 Å². The first-order valence-electron chi connectivity index (χ1n) is 13.3. The van der Waals surface area contributed by atoms with Gasteiger partial charge in [0.1, 0.15) is 6.29 Å². The molecule has 0 saturated heterocycles. The van der Waals surface area contributed by atoms with E-state index in [1.165, 1.54) is 70.6 Å². The quantitative estimate of drug-likeness (QED) is 0.147. The van der Waals surface area contributed by atoms with E-state index in [-0.39, 0.29) is 0 Å². The highest BCUT2D eigenvalue weighted by atomic mass is 33.1. The van der Waals surface area contributed by atoms with Gasteiger partial charge in [-0.25, -0.2) is 0 Å². The van der Waals surface area contributed by atoms with Crippen molar-refractivity contribution in [2.24, 2.45) is 40.4 Å². The molecule has 4 aliphatic rings. The monoisotopic (exact) mass is 462 g/mol. The Bertz CT molecular complexity index is 657. The third-order valence-electron chi connectivity index (χ3n) is 10.1. The lowest BCUT2D eigenvalue weighted by atomic mass is 9.47. The maximum atomic E-state index is 10.6. The number of rotatable bonds is 9. The highest BCUT2D eigenvalue weighted by Crippen LogP contribution is 2.67.